The predicted molar refractivity (Wildman–Crippen MR) is 74.2 cm³/mol. The first-order valence-corrected chi connectivity index (χ1v) is 6.67. The molecule has 0 spiro atoms. The second-order valence-electron chi connectivity index (χ2n) is 4.90. The van der Waals surface area contributed by atoms with Gasteiger partial charge in [-0.2, -0.15) is 0 Å². The van der Waals surface area contributed by atoms with Crippen LogP contribution in [0.2, 0.25) is 0 Å². The molecule has 0 unspecified atom stereocenters. The van der Waals surface area contributed by atoms with E-state index in [9.17, 15) is 0 Å². The highest BCUT2D eigenvalue weighted by atomic mass is 79.9. The molecule has 0 aliphatic heterocycles. The van der Waals surface area contributed by atoms with Crippen LogP contribution >= 0.6 is 15.9 Å². The summed E-state index contributed by atoms with van der Waals surface area (Å²) in [4.78, 5) is 0. The third-order valence-electron chi connectivity index (χ3n) is 3.23. The Bertz CT molecular complexity index is 438. The van der Waals surface area contributed by atoms with Crippen LogP contribution in [0.1, 0.15) is 31.7 Å². The Hall–Kier alpha value is -0.800. The minimum atomic E-state index is -0.116. The third-order valence-corrected chi connectivity index (χ3v) is 3.85. The Morgan fingerprint density at radius 3 is 2.71 bits per heavy atom. The van der Waals surface area contributed by atoms with Crippen LogP contribution in [0.25, 0.3) is 0 Å². The van der Waals surface area contributed by atoms with E-state index in [0.717, 1.165) is 28.6 Å². The smallest absolute Gasteiger partial charge is 0.133 e. The predicted octanol–water partition coefficient (Wildman–Crippen LogP) is 3.74. The van der Waals surface area contributed by atoms with Crippen molar-refractivity contribution < 1.29 is 4.74 Å². The van der Waals surface area contributed by atoms with Crippen LogP contribution in [-0.2, 0) is 5.54 Å². The molecule has 3 heteroatoms. The molecule has 0 aromatic heterocycles. The fourth-order valence-electron chi connectivity index (χ4n) is 1.97. The van der Waals surface area contributed by atoms with Gasteiger partial charge in [-0.3, -0.25) is 0 Å². The maximum Gasteiger partial charge on any atom is 0.133 e. The summed E-state index contributed by atoms with van der Waals surface area (Å²) in [6.07, 6.45) is 3.37. The molecular weight excluding hydrogens is 278 g/mol. The average molecular weight is 296 g/mol. The van der Waals surface area contributed by atoms with E-state index >= 15 is 0 Å². The second-order valence-corrected chi connectivity index (χ2v) is 5.76. The van der Waals surface area contributed by atoms with E-state index in [2.05, 4.69) is 34.6 Å². The topological polar surface area (TPSA) is 35.2 Å². The van der Waals surface area contributed by atoms with Crippen LogP contribution in [-0.4, -0.2) is 6.61 Å². The van der Waals surface area contributed by atoms with Gasteiger partial charge in [-0.15, -0.1) is 0 Å². The molecule has 0 amide bonds. The molecule has 1 saturated carbocycles. The van der Waals surface area contributed by atoms with Gasteiger partial charge in [0.15, 0.2) is 0 Å². The van der Waals surface area contributed by atoms with Gasteiger partial charge in [0.1, 0.15) is 12.4 Å². The largest absolute Gasteiger partial charge is 0.488 e. The molecule has 2 rings (SSSR count). The van der Waals surface area contributed by atoms with Crippen LogP contribution in [0.4, 0.5) is 0 Å². The van der Waals surface area contributed by atoms with Gasteiger partial charge in [0.25, 0.3) is 0 Å². The summed E-state index contributed by atoms with van der Waals surface area (Å²) >= 11 is 3.53. The number of hydrogen-bond acceptors (Lipinski definition) is 2. The molecule has 2 nitrogen and oxygen atoms in total. The molecule has 2 N–H and O–H groups in total. The van der Waals surface area contributed by atoms with Crippen molar-refractivity contribution in [2.24, 2.45) is 5.73 Å². The summed E-state index contributed by atoms with van der Waals surface area (Å²) in [7, 11) is 0. The summed E-state index contributed by atoms with van der Waals surface area (Å²) in [6, 6.07) is 6.12. The summed E-state index contributed by atoms with van der Waals surface area (Å²) in [5.74, 6) is 0.847. The maximum absolute atomic E-state index is 6.29. The molecule has 0 atom stereocenters. The fourth-order valence-corrected chi connectivity index (χ4v) is 2.47. The van der Waals surface area contributed by atoms with Gasteiger partial charge in [-0.05, 0) is 65.4 Å². The highest BCUT2D eigenvalue weighted by Gasteiger charge is 2.34. The van der Waals surface area contributed by atoms with Crippen LogP contribution in [0.3, 0.4) is 0 Å². The van der Waals surface area contributed by atoms with Gasteiger partial charge < -0.3 is 10.5 Å². The SMILES string of the molecule is C=C(C)COc1ccc(C2(N)CCC2)cc1Br. The lowest BCUT2D eigenvalue weighted by molar-refractivity contribution is 0.253. The maximum atomic E-state index is 6.29. The minimum absolute atomic E-state index is 0.116. The lowest BCUT2D eigenvalue weighted by Gasteiger charge is -2.38. The van der Waals surface area contributed by atoms with Crippen LogP contribution in [0.5, 0.6) is 5.75 Å². The molecule has 17 heavy (non-hydrogen) atoms. The Morgan fingerprint density at radius 2 is 2.24 bits per heavy atom. The summed E-state index contributed by atoms with van der Waals surface area (Å²) in [5, 5.41) is 0. The molecule has 92 valence electrons. The lowest BCUT2D eigenvalue weighted by Crippen LogP contribution is -2.43. The molecule has 1 aliphatic rings. The molecular formula is C14H18BrNO. The summed E-state index contributed by atoms with van der Waals surface area (Å²) in [5.41, 5.74) is 8.38. The van der Waals surface area contributed by atoms with Crippen molar-refractivity contribution in [1.82, 2.24) is 0 Å². The van der Waals surface area contributed by atoms with Gasteiger partial charge >= 0.3 is 0 Å². The van der Waals surface area contributed by atoms with Crippen LogP contribution in [0.15, 0.2) is 34.8 Å². The van der Waals surface area contributed by atoms with Crippen molar-refractivity contribution >= 4 is 15.9 Å². The quantitative estimate of drug-likeness (QED) is 0.859. The lowest BCUT2D eigenvalue weighted by atomic mass is 9.73. The standard InChI is InChI=1S/C14H18BrNO/c1-10(2)9-17-13-5-4-11(8-12(13)15)14(16)6-3-7-14/h4-5,8H,1,3,6-7,9,16H2,2H3. The van der Waals surface area contributed by atoms with E-state index in [1.165, 1.54) is 12.0 Å². The molecule has 1 fully saturated rings. The fraction of sp³-hybridized carbons (Fsp3) is 0.429. The zero-order valence-electron chi connectivity index (χ0n) is 10.1. The van der Waals surface area contributed by atoms with Crippen LogP contribution in [0, 0.1) is 0 Å². The third kappa shape index (κ3) is 2.72. The Kier molecular flexibility index (Phi) is 3.59. The normalized spacial score (nSPS) is 17.4. The second kappa shape index (κ2) is 4.83. The Labute approximate surface area is 111 Å². The van der Waals surface area contributed by atoms with Crippen molar-refractivity contribution in [3.8, 4) is 5.75 Å². The van der Waals surface area contributed by atoms with Gasteiger partial charge in [0.2, 0.25) is 0 Å². The van der Waals surface area contributed by atoms with Gasteiger partial charge in [0, 0.05) is 5.54 Å². The molecule has 1 aromatic carbocycles. The van der Waals surface area contributed by atoms with Crippen molar-refractivity contribution in [3.05, 3.63) is 40.4 Å². The van der Waals surface area contributed by atoms with Crippen LogP contribution < -0.4 is 10.5 Å². The van der Waals surface area contributed by atoms with E-state index < -0.39 is 0 Å². The minimum Gasteiger partial charge on any atom is -0.488 e. The number of nitrogens with two attached hydrogens (primary N) is 1. The number of ether oxygens (including phenoxy) is 1. The highest BCUT2D eigenvalue weighted by molar-refractivity contribution is 9.10. The Balaban J connectivity index is 2.14. The van der Waals surface area contributed by atoms with Crippen molar-refractivity contribution in [3.63, 3.8) is 0 Å². The molecule has 0 bridgehead atoms. The summed E-state index contributed by atoms with van der Waals surface area (Å²) in [6.45, 7) is 6.32. The van der Waals surface area contributed by atoms with E-state index in [1.54, 1.807) is 0 Å². The molecule has 0 heterocycles. The first kappa shape index (κ1) is 12.7. The van der Waals surface area contributed by atoms with Crippen molar-refractivity contribution in [1.29, 1.82) is 0 Å². The van der Waals surface area contributed by atoms with E-state index in [1.807, 2.05) is 13.0 Å². The van der Waals surface area contributed by atoms with Gasteiger partial charge in [-0.25, -0.2) is 0 Å². The van der Waals surface area contributed by atoms with Gasteiger partial charge in [-0.1, -0.05) is 12.6 Å². The van der Waals surface area contributed by atoms with Crippen molar-refractivity contribution in [2.45, 2.75) is 31.7 Å². The molecule has 0 saturated heterocycles. The highest BCUT2D eigenvalue weighted by Crippen LogP contribution is 2.40. The number of halogens is 1. The Morgan fingerprint density at radius 1 is 1.53 bits per heavy atom. The van der Waals surface area contributed by atoms with E-state index in [-0.39, 0.29) is 5.54 Å². The zero-order chi connectivity index (χ0) is 12.5. The average Bonchev–Trinajstić information content (AvgIpc) is 2.24. The van der Waals surface area contributed by atoms with E-state index in [4.69, 9.17) is 10.5 Å². The molecule has 1 aromatic rings. The van der Waals surface area contributed by atoms with Crippen molar-refractivity contribution in [2.75, 3.05) is 6.61 Å². The van der Waals surface area contributed by atoms with E-state index in [0.29, 0.717) is 6.61 Å². The molecule has 1 aliphatic carbocycles. The number of rotatable bonds is 4. The monoisotopic (exact) mass is 295 g/mol. The zero-order valence-corrected chi connectivity index (χ0v) is 11.7. The first-order valence-electron chi connectivity index (χ1n) is 5.87. The first-order chi connectivity index (χ1) is 8.01. The molecule has 0 radical (unpaired) electrons. The number of hydrogen-bond donors (Lipinski definition) is 1. The summed E-state index contributed by atoms with van der Waals surface area (Å²) < 4.78 is 6.60. The number of benzene rings is 1. The van der Waals surface area contributed by atoms with Gasteiger partial charge in [0.05, 0.1) is 4.47 Å².